The van der Waals surface area contributed by atoms with Crippen LogP contribution in [0.5, 0.6) is 0 Å². The second kappa shape index (κ2) is 4.88. The van der Waals surface area contributed by atoms with Crippen LogP contribution >= 0.6 is 38.9 Å². The van der Waals surface area contributed by atoms with Crippen molar-refractivity contribution < 1.29 is 0 Å². The monoisotopic (exact) mass is 315 g/mol. The van der Waals surface area contributed by atoms with Gasteiger partial charge in [-0.15, -0.1) is 11.3 Å². The smallest absolute Gasteiger partial charge is 0.0961 e. The lowest BCUT2D eigenvalue weighted by molar-refractivity contribution is 0.886. The highest BCUT2D eigenvalue weighted by Crippen LogP contribution is 2.34. The van der Waals surface area contributed by atoms with Crippen LogP contribution in [0, 0.1) is 6.92 Å². The van der Waals surface area contributed by atoms with Gasteiger partial charge in [0.15, 0.2) is 0 Å². The molecule has 1 aromatic heterocycles. The van der Waals surface area contributed by atoms with E-state index in [0.717, 1.165) is 24.8 Å². The summed E-state index contributed by atoms with van der Waals surface area (Å²) in [7, 11) is 0. The molecule has 0 spiro atoms. The molecule has 1 unspecified atom stereocenters. The molecule has 0 radical (unpaired) electrons. The maximum Gasteiger partial charge on any atom is 0.0961 e. The number of hydrogen-bond acceptors (Lipinski definition) is 2. The largest absolute Gasteiger partial charge is 0.320 e. The van der Waals surface area contributed by atoms with Gasteiger partial charge in [-0.05, 0) is 30.2 Å². The number of hydrogen-bond donors (Lipinski definition) is 1. The number of halogens is 2. The van der Waals surface area contributed by atoms with Crippen LogP contribution in [0.15, 0.2) is 34.8 Å². The van der Waals surface area contributed by atoms with Crippen molar-refractivity contribution in [2.75, 3.05) is 0 Å². The second-order valence-electron chi connectivity index (χ2n) is 3.60. The molecule has 2 N–H and O–H groups in total. The summed E-state index contributed by atoms with van der Waals surface area (Å²) in [6.45, 7) is 2.00. The third-order valence-electron chi connectivity index (χ3n) is 2.42. The molecule has 1 heterocycles. The molecule has 4 heteroatoms. The van der Waals surface area contributed by atoms with Gasteiger partial charge in [-0.3, -0.25) is 0 Å². The van der Waals surface area contributed by atoms with Crippen molar-refractivity contribution in [3.05, 3.63) is 55.1 Å². The van der Waals surface area contributed by atoms with Gasteiger partial charge in [0.2, 0.25) is 0 Å². The van der Waals surface area contributed by atoms with Crippen LogP contribution < -0.4 is 5.73 Å². The first-order valence-corrected chi connectivity index (χ1v) is 6.84. The van der Waals surface area contributed by atoms with Gasteiger partial charge in [0.05, 0.1) is 10.4 Å². The molecule has 0 bridgehead atoms. The highest BCUT2D eigenvalue weighted by Gasteiger charge is 2.15. The minimum absolute atomic E-state index is 0.119. The normalized spacial score (nSPS) is 12.8. The maximum absolute atomic E-state index is 6.22. The van der Waals surface area contributed by atoms with E-state index in [0.29, 0.717) is 0 Å². The topological polar surface area (TPSA) is 26.0 Å². The summed E-state index contributed by atoms with van der Waals surface area (Å²) in [6, 6.07) is 9.92. The van der Waals surface area contributed by atoms with E-state index >= 15 is 0 Å². The van der Waals surface area contributed by atoms with E-state index in [1.807, 2.05) is 31.2 Å². The van der Waals surface area contributed by atoms with Crippen LogP contribution in [0.3, 0.4) is 0 Å². The molecule has 1 atom stereocenters. The van der Waals surface area contributed by atoms with Gasteiger partial charge in [0, 0.05) is 9.35 Å². The summed E-state index contributed by atoms with van der Waals surface area (Å²) in [4.78, 5) is 1.09. The first-order valence-electron chi connectivity index (χ1n) is 4.85. The van der Waals surface area contributed by atoms with Crippen LogP contribution in [-0.2, 0) is 0 Å². The first kappa shape index (κ1) is 12.1. The molecule has 0 aliphatic carbocycles. The number of nitrogens with two attached hydrogens (primary N) is 1. The third-order valence-corrected chi connectivity index (χ3v) is 4.78. The fourth-order valence-electron chi connectivity index (χ4n) is 1.52. The van der Waals surface area contributed by atoms with E-state index in [9.17, 15) is 0 Å². The third kappa shape index (κ3) is 2.33. The Kier molecular flexibility index (Phi) is 3.70. The predicted molar refractivity (Wildman–Crippen MR) is 74.2 cm³/mol. The quantitative estimate of drug-likeness (QED) is 0.866. The lowest BCUT2D eigenvalue weighted by atomic mass is 10.1. The standard InChI is InChI=1S/C12H11BrClNS/c1-7-6-10(16-12(7)14)11(15)8-4-2-3-5-9(8)13/h2-6,11H,15H2,1H3. The molecule has 16 heavy (non-hydrogen) atoms. The van der Waals surface area contributed by atoms with E-state index in [1.165, 1.54) is 0 Å². The van der Waals surface area contributed by atoms with Crippen LogP contribution in [-0.4, -0.2) is 0 Å². The van der Waals surface area contributed by atoms with Gasteiger partial charge < -0.3 is 5.73 Å². The molecule has 0 aliphatic heterocycles. The highest BCUT2D eigenvalue weighted by molar-refractivity contribution is 9.10. The SMILES string of the molecule is Cc1cc(C(N)c2ccccc2Br)sc1Cl. The molecule has 1 nitrogen and oxygen atoms in total. The Morgan fingerprint density at radius 2 is 2.06 bits per heavy atom. The minimum atomic E-state index is -0.119. The molecule has 0 saturated carbocycles. The summed E-state index contributed by atoms with van der Waals surface area (Å²) in [5.41, 5.74) is 8.39. The van der Waals surface area contributed by atoms with Gasteiger partial charge in [-0.25, -0.2) is 0 Å². The Labute approximate surface area is 112 Å². The van der Waals surface area contributed by atoms with Gasteiger partial charge >= 0.3 is 0 Å². The van der Waals surface area contributed by atoms with Crippen LogP contribution in [0.4, 0.5) is 0 Å². The fourth-order valence-corrected chi connectivity index (χ4v) is 3.29. The zero-order valence-electron chi connectivity index (χ0n) is 8.71. The van der Waals surface area contributed by atoms with Crippen LogP contribution in [0.1, 0.15) is 22.0 Å². The zero-order valence-corrected chi connectivity index (χ0v) is 11.9. The highest BCUT2D eigenvalue weighted by atomic mass is 79.9. The van der Waals surface area contributed by atoms with Crippen molar-refractivity contribution in [3.63, 3.8) is 0 Å². The Bertz CT molecular complexity index is 490. The average Bonchev–Trinajstić information content (AvgIpc) is 2.59. The molecule has 2 aromatic rings. The van der Waals surface area contributed by atoms with Crippen molar-refractivity contribution in [2.45, 2.75) is 13.0 Å². The number of rotatable bonds is 2. The van der Waals surface area contributed by atoms with Crippen molar-refractivity contribution in [1.82, 2.24) is 0 Å². The zero-order chi connectivity index (χ0) is 11.7. The summed E-state index contributed by atoms with van der Waals surface area (Å²) in [5, 5.41) is 0. The molecule has 0 amide bonds. The van der Waals surface area contributed by atoms with E-state index in [-0.39, 0.29) is 6.04 Å². The maximum atomic E-state index is 6.22. The predicted octanol–water partition coefficient (Wildman–Crippen LogP) is 4.52. The van der Waals surface area contributed by atoms with Crippen molar-refractivity contribution in [3.8, 4) is 0 Å². The fraction of sp³-hybridized carbons (Fsp3) is 0.167. The minimum Gasteiger partial charge on any atom is -0.320 e. The molecule has 2 rings (SSSR count). The van der Waals surface area contributed by atoms with E-state index in [2.05, 4.69) is 22.0 Å². The summed E-state index contributed by atoms with van der Waals surface area (Å²) >= 11 is 11.1. The first-order chi connectivity index (χ1) is 7.59. The second-order valence-corrected chi connectivity index (χ2v) is 6.14. The van der Waals surface area contributed by atoms with E-state index in [1.54, 1.807) is 11.3 Å². The molecule has 1 aromatic carbocycles. The summed E-state index contributed by atoms with van der Waals surface area (Å²) in [5.74, 6) is 0. The molecule has 0 saturated heterocycles. The average molecular weight is 317 g/mol. The van der Waals surface area contributed by atoms with Gasteiger partial charge in [-0.2, -0.15) is 0 Å². The Balaban J connectivity index is 2.39. The Morgan fingerprint density at radius 1 is 1.38 bits per heavy atom. The van der Waals surface area contributed by atoms with Gasteiger partial charge in [0.25, 0.3) is 0 Å². The van der Waals surface area contributed by atoms with Gasteiger partial charge in [-0.1, -0.05) is 45.7 Å². The number of benzene rings is 1. The molecular formula is C12H11BrClNS. The van der Waals surface area contributed by atoms with Crippen molar-refractivity contribution in [2.24, 2.45) is 5.73 Å². The van der Waals surface area contributed by atoms with E-state index < -0.39 is 0 Å². The Morgan fingerprint density at radius 3 is 2.62 bits per heavy atom. The van der Waals surface area contributed by atoms with Crippen molar-refractivity contribution in [1.29, 1.82) is 0 Å². The molecule has 0 fully saturated rings. The Hall–Kier alpha value is -0.350. The van der Waals surface area contributed by atoms with Crippen molar-refractivity contribution >= 4 is 38.9 Å². The molecular weight excluding hydrogens is 306 g/mol. The number of aryl methyl sites for hydroxylation is 1. The van der Waals surface area contributed by atoms with Gasteiger partial charge in [0.1, 0.15) is 0 Å². The lowest BCUT2D eigenvalue weighted by Crippen LogP contribution is -2.10. The summed E-state index contributed by atoms with van der Waals surface area (Å²) in [6.07, 6.45) is 0. The van der Waals surface area contributed by atoms with Crippen LogP contribution in [0.25, 0.3) is 0 Å². The molecule has 0 aliphatic rings. The number of thiophene rings is 1. The summed E-state index contributed by atoms with van der Waals surface area (Å²) < 4.78 is 1.85. The molecule has 84 valence electrons. The lowest BCUT2D eigenvalue weighted by Gasteiger charge is -2.11. The van der Waals surface area contributed by atoms with Crippen LogP contribution in [0.2, 0.25) is 4.34 Å². The van der Waals surface area contributed by atoms with E-state index in [4.69, 9.17) is 17.3 Å².